The number of hydrogen-bond donors (Lipinski definition) is 1. The summed E-state index contributed by atoms with van der Waals surface area (Å²) in [5.41, 5.74) is 3.58. The fourth-order valence-corrected chi connectivity index (χ4v) is 6.88. The van der Waals surface area contributed by atoms with Crippen LogP contribution >= 0.6 is 0 Å². The van der Waals surface area contributed by atoms with Crippen molar-refractivity contribution in [2.45, 2.75) is 77.0 Å². The van der Waals surface area contributed by atoms with Crippen LogP contribution in [-0.4, -0.2) is 57.9 Å². The van der Waals surface area contributed by atoms with Crippen LogP contribution in [-0.2, 0) is 16.6 Å². The van der Waals surface area contributed by atoms with E-state index in [1.165, 1.54) is 12.1 Å². The Morgan fingerprint density at radius 2 is 1.74 bits per heavy atom. The minimum Gasteiger partial charge on any atom is -0.488 e. The average molecular weight is 643 g/mol. The van der Waals surface area contributed by atoms with Crippen LogP contribution in [0.4, 0.5) is 5.95 Å². The second-order valence-corrected chi connectivity index (χ2v) is 13.9. The summed E-state index contributed by atoms with van der Waals surface area (Å²) in [6.45, 7) is 8.03. The van der Waals surface area contributed by atoms with Gasteiger partial charge in [0, 0.05) is 17.2 Å². The highest BCUT2D eigenvalue weighted by atomic mass is 32.2. The fraction of sp³-hybridized carbons (Fsp3) is 0.382. The van der Waals surface area contributed by atoms with Gasteiger partial charge in [-0.2, -0.15) is 4.98 Å². The second-order valence-electron chi connectivity index (χ2n) is 12.2. The molecule has 46 heavy (non-hydrogen) atoms. The Morgan fingerprint density at radius 3 is 2.41 bits per heavy atom. The van der Waals surface area contributed by atoms with Gasteiger partial charge in [0.2, 0.25) is 11.8 Å². The molecule has 12 heteroatoms. The van der Waals surface area contributed by atoms with Gasteiger partial charge in [0.1, 0.15) is 12.4 Å². The first-order valence-electron chi connectivity index (χ1n) is 15.6. The van der Waals surface area contributed by atoms with E-state index in [-0.39, 0.29) is 53.5 Å². The predicted molar refractivity (Wildman–Crippen MR) is 173 cm³/mol. The van der Waals surface area contributed by atoms with Crippen molar-refractivity contribution < 1.29 is 22.7 Å². The Bertz CT molecular complexity index is 1820. The summed E-state index contributed by atoms with van der Waals surface area (Å²) in [4.78, 5) is 33.9. The lowest BCUT2D eigenvalue weighted by Crippen LogP contribution is -2.45. The molecule has 0 radical (unpaired) electrons. The zero-order valence-electron chi connectivity index (χ0n) is 26.4. The van der Waals surface area contributed by atoms with Gasteiger partial charge in [-0.05, 0) is 69.4 Å². The van der Waals surface area contributed by atoms with Crippen molar-refractivity contribution in [3.8, 4) is 22.9 Å². The molecule has 1 amide bonds. The Morgan fingerprint density at radius 1 is 1.02 bits per heavy atom. The molecule has 2 aromatic carbocycles. The van der Waals surface area contributed by atoms with Gasteiger partial charge in [-0.25, -0.2) is 28.1 Å². The van der Waals surface area contributed by atoms with Crippen molar-refractivity contribution >= 4 is 21.9 Å². The van der Waals surface area contributed by atoms with Gasteiger partial charge in [0.25, 0.3) is 15.9 Å². The molecule has 1 N–H and O–H groups in total. The van der Waals surface area contributed by atoms with Crippen LogP contribution in [0.25, 0.3) is 11.3 Å². The molecule has 240 valence electrons. The number of anilines is 1. The molecule has 2 aliphatic rings. The van der Waals surface area contributed by atoms with E-state index in [0.29, 0.717) is 29.6 Å². The van der Waals surface area contributed by atoms with E-state index in [0.717, 1.165) is 36.0 Å². The number of aryl methyl sites for hydroxylation is 2. The van der Waals surface area contributed by atoms with Gasteiger partial charge in [0.15, 0.2) is 5.75 Å². The van der Waals surface area contributed by atoms with Crippen LogP contribution in [0.2, 0.25) is 0 Å². The summed E-state index contributed by atoms with van der Waals surface area (Å²) in [5.74, 6) is 1.14. The van der Waals surface area contributed by atoms with E-state index in [1.54, 1.807) is 35.5 Å². The molecule has 6 rings (SSSR count). The molecule has 3 heterocycles. The van der Waals surface area contributed by atoms with E-state index in [9.17, 15) is 13.2 Å². The van der Waals surface area contributed by atoms with Gasteiger partial charge in [0.05, 0.1) is 41.7 Å². The first-order valence-corrected chi connectivity index (χ1v) is 17.0. The number of hydrogen-bond acceptors (Lipinski definition) is 9. The summed E-state index contributed by atoms with van der Waals surface area (Å²) in [6.07, 6.45) is 7.16. The lowest BCUT2D eigenvalue weighted by Gasteiger charge is -2.36. The molecular formula is C34H38N6O5S. The number of carbonyl (C=O) groups excluding carboxylic acids is 1. The SMILES string of the molecule is Cc1cccc(C)c1-c1cc2nc(n1)NS(=O)(=O)c1cccc(c1)C(=O)N(Cc1ncc(OC(C)C)cn1)[C@H](CC1CCC1)CO2. The largest absolute Gasteiger partial charge is 0.488 e. The second kappa shape index (κ2) is 13.0. The number of carbonyl (C=O) groups is 1. The van der Waals surface area contributed by atoms with Crippen molar-refractivity contribution in [1.82, 2.24) is 24.8 Å². The maximum Gasteiger partial charge on any atom is 0.264 e. The minimum absolute atomic E-state index is 0.0326. The summed E-state index contributed by atoms with van der Waals surface area (Å²) in [6, 6.07) is 13.3. The number of benzene rings is 2. The van der Waals surface area contributed by atoms with E-state index < -0.39 is 10.0 Å². The maximum atomic E-state index is 14.3. The topological polar surface area (TPSA) is 136 Å². The third kappa shape index (κ3) is 6.96. The average Bonchev–Trinajstić information content (AvgIpc) is 2.99. The number of nitrogens with one attached hydrogen (secondary N) is 1. The van der Waals surface area contributed by atoms with E-state index in [1.807, 2.05) is 45.9 Å². The van der Waals surface area contributed by atoms with Crippen molar-refractivity contribution in [2.75, 3.05) is 11.3 Å². The van der Waals surface area contributed by atoms with Crippen LogP contribution < -0.4 is 14.2 Å². The molecule has 1 atom stereocenters. The first kappa shape index (κ1) is 31.4. The van der Waals surface area contributed by atoms with Crippen molar-refractivity contribution in [1.29, 1.82) is 0 Å². The van der Waals surface area contributed by atoms with E-state index >= 15 is 0 Å². The Hall–Kier alpha value is -4.58. The van der Waals surface area contributed by atoms with Crippen molar-refractivity contribution in [3.63, 3.8) is 0 Å². The number of ether oxygens (including phenoxy) is 2. The number of amides is 1. The van der Waals surface area contributed by atoms with Gasteiger partial charge in [-0.1, -0.05) is 43.5 Å². The molecular weight excluding hydrogens is 604 g/mol. The van der Waals surface area contributed by atoms with Gasteiger partial charge < -0.3 is 14.4 Å². The van der Waals surface area contributed by atoms with Crippen LogP contribution in [0.15, 0.2) is 65.8 Å². The zero-order chi connectivity index (χ0) is 32.4. The molecule has 1 fully saturated rings. The van der Waals surface area contributed by atoms with Crippen LogP contribution in [0.1, 0.15) is 66.8 Å². The number of aromatic nitrogens is 4. The van der Waals surface area contributed by atoms with Crippen molar-refractivity contribution in [3.05, 3.63) is 83.4 Å². The third-order valence-corrected chi connectivity index (χ3v) is 9.70. The normalized spacial score (nSPS) is 18.0. The van der Waals surface area contributed by atoms with Gasteiger partial charge in [-0.3, -0.25) is 4.79 Å². The quantitative estimate of drug-likeness (QED) is 0.268. The zero-order valence-corrected chi connectivity index (χ0v) is 27.3. The molecule has 1 saturated carbocycles. The highest BCUT2D eigenvalue weighted by molar-refractivity contribution is 7.92. The summed E-state index contributed by atoms with van der Waals surface area (Å²) >= 11 is 0. The highest BCUT2D eigenvalue weighted by Gasteiger charge is 2.32. The first-order chi connectivity index (χ1) is 22.1. The molecule has 0 unspecified atom stereocenters. The molecule has 0 spiro atoms. The molecule has 1 aliphatic heterocycles. The Kier molecular flexibility index (Phi) is 8.90. The molecule has 1 aliphatic carbocycles. The van der Waals surface area contributed by atoms with E-state index in [2.05, 4.69) is 24.7 Å². The maximum absolute atomic E-state index is 14.3. The summed E-state index contributed by atoms with van der Waals surface area (Å²) in [5, 5.41) is 0. The molecule has 4 aromatic rings. The van der Waals surface area contributed by atoms with Crippen molar-refractivity contribution in [2.24, 2.45) is 5.92 Å². The molecule has 0 saturated heterocycles. The standard InChI is InChI=1S/C34H38N6O5S/c1-21(2)45-27-17-35-30(36-18-27)19-40-26(14-24-10-6-11-24)20-44-31-16-29(32-22(3)8-5-9-23(32)4)37-34(38-31)39-46(42,43)28-13-7-12-25(15-28)33(40)41/h5,7-9,12-13,15-18,21,24,26H,6,10-11,14,19-20H2,1-4H3,(H,37,38,39)/t26-/m1/s1. The number of fused-ring (bicyclic) bond motifs is 4. The summed E-state index contributed by atoms with van der Waals surface area (Å²) < 4.78 is 41.8. The monoisotopic (exact) mass is 642 g/mol. The smallest absolute Gasteiger partial charge is 0.264 e. The Balaban J connectivity index is 1.44. The molecule has 4 bridgehead atoms. The fourth-order valence-electron chi connectivity index (χ4n) is 5.89. The lowest BCUT2D eigenvalue weighted by atomic mass is 9.80. The van der Waals surface area contributed by atoms with Crippen LogP contribution in [0, 0.1) is 19.8 Å². The van der Waals surface area contributed by atoms with Crippen LogP contribution in [0.5, 0.6) is 11.6 Å². The molecule has 11 nitrogen and oxygen atoms in total. The summed E-state index contributed by atoms with van der Waals surface area (Å²) in [7, 11) is -4.16. The lowest BCUT2D eigenvalue weighted by molar-refractivity contribution is 0.0504. The predicted octanol–water partition coefficient (Wildman–Crippen LogP) is 5.73. The molecule has 2 aromatic heterocycles. The number of sulfonamides is 1. The van der Waals surface area contributed by atoms with Gasteiger partial charge in [-0.15, -0.1) is 0 Å². The number of rotatable bonds is 7. The minimum atomic E-state index is -4.16. The van der Waals surface area contributed by atoms with E-state index in [4.69, 9.17) is 9.47 Å². The van der Waals surface area contributed by atoms with Gasteiger partial charge >= 0.3 is 0 Å². The third-order valence-electron chi connectivity index (χ3n) is 8.38. The Labute approximate surface area is 269 Å². The van der Waals surface area contributed by atoms with Crippen LogP contribution in [0.3, 0.4) is 0 Å². The highest BCUT2D eigenvalue weighted by Crippen LogP contribution is 2.34. The number of nitrogens with zero attached hydrogens (tertiary/aromatic N) is 5.